The fraction of sp³-hybridized carbons (Fsp3) is 0.333. The van der Waals surface area contributed by atoms with Gasteiger partial charge in [0.15, 0.2) is 15.4 Å². The van der Waals surface area contributed by atoms with Crippen LogP contribution in [0.4, 0.5) is 0 Å². The van der Waals surface area contributed by atoms with E-state index in [4.69, 9.17) is 4.52 Å². The van der Waals surface area contributed by atoms with E-state index in [1.165, 1.54) is 0 Å². The topological polar surface area (TPSA) is 78.0 Å². The van der Waals surface area contributed by atoms with Crippen LogP contribution in [0.15, 0.2) is 18.8 Å². The standard InChI is InChI=1S/C9H9Br2N3O3S/c1-4-7(6(3)17-13-4)18(15,16)14-5(2)8(10)12-9(14)11/h1-3H3. The summed E-state index contributed by atoms with van der Waals surface area (Å²) in [7, 11) is -3.78. The Kier molecular flexibility index (Phi) is 3.41. The van der Waals surface area contributed by atoms with Gasteiger partial charge < -0.3 is 4.52 Å². The van der Waals surface area contributed by atoms with Crippen molar-refractivity contribution in [2.45, 2.75) is 25.7 Å². The van der Waals surface area contributed by atoms with Crippen molar-refractivity contribution in [3.05, 3.63) is 26.5 Å². The lowest BCUT2D eigenvalue weighted by Crippen LogP contribution is -2.16. The van der Waals surface area contributed by atoms with Crippen LogP contribution in [0.2, 0.25) is 0 Å². The highest BCUT2D eigenvalue weighted by Crippen LogP contribution is 2.29. The number of aromatic nitrogens is 3. The number of nitrogens with zero attached hydrogens (tertiary/aromatic N) is 3. The van der Waals surface area contributed by atoms with E-state index in [2.05, 4.69) is 42.0 Å². The van der Waals surface area contributed by atoms with Gasteiger partial charge in [-0.2, -0.15) is 0 Å². The van der Waals surface area contributed by atoms with Gasteiger partial charge in [0.1, 0.15) is 10.3 Å². The van der Waals surface area contributed by atoms with Gasteiger partial charge in [-0.05, 0) is 52.6 Å². The van der Waals surface area contributed by atoms with E-state index < -0.39 is 10.0 Å². The van der Waals surface area contributed by atoms with Gasteiger partial charge in [0.25, 0.3) is 10.0 Å². The zero-order chi connectivity index (χ0) is 13.7. The van der Waals surface area contributed by atoms with Gasteiger partial charge in [0, 0.05) is 0 Å². The molecule has 0 aliphatic rings. The van der Waals surface area contributed by atoms with Crippen molar-refractivity contribution in [1.82, 2.24) is 14.1 Å². The van der Waals surface area contributed by atoms with Crippen LogP contribution in [-0.4, -0.2) is 22.5 Å². The molecule has 0 amide bonds. The van der Waals surface area contributed by atoms with Crippen molar-refractivity contribution in [2.75, 3.05) is 0 Å². The molecule has 0 radical (unpaired) electrons. The summed E-state index contributed by atoms with van der Waals surface area (Å²) in [5, 5.41) is 3.66. The minimum atomic E-state index is -3.78. The molecule has 98 valence electrons. The molecule has 0 aliphatic carbocycles. The normalized spacial score (nSPS) is 12.1. The highest BCUT2D eigenvalue weighted by molar-refractivity contribution is 9.11. The Balaban J connectivity index is 2.78. The van der Waals surface area contributed by atoms with Gasteiger partial charge in [-0.1, -0.05) is 5.16 Å². The summed E-state index contributed by atoms with van der Waals surface area (Å²) < 4.78 is 31.8. The molecule has 2 aromatic rings. The molecule has 0 unspecified atom stereocenters. The predicted molar refractivity (Wildman–Crippen MR) is 70.9 cm³/mol. The third-order valence-corrected chi connectivity index (χ3v) is 5.97. The minimum absolute atomic E-state index is 0.0659. The maximum atomic E-state index is 12.6. The zero-order valence-electron chi connectivity index (χ0n) is 9.73. The third-order valence-electron chi connectivity index (χ3n) is 2.43. The first kappa shape index (κ1) is 13.8. The molecule has 0 fully saturated rings. The summed E-state index contributed by atoms with van der Waals surface area (Å²) in [5.74, 6) is 0.253. The highest BCUT2D eigenvalue weighted by Gasteiger charge is 2.30. The molecule has 2 heterocycles. The number of hydrogen-bond acceptors (Lipinski definition) is 5. The smallest absolute Gasteiger partial charge is 0.275 e. The lowest BCUT2D eigenvalue weighted by Gasteiger charge is -2.07. The molecule has 0 saturated carbocycles. The Hall–Kier alpha value is -0.670. The fourth-order valence-electron chi connectivity index (χ4n) is 1.64. The molecule has 2 rings (SSSR count). The van der Waals surface area contributed by atoms with E-state index in [0.717, 1.165) is 3.97 Å². The fourth-order valence-corrected chi connectivity index (χ4v) is 5.04. The van der Waals surface area contributed by atoms with Gasteiger partial charge in [-0.25, -0.2) is 17.4 Å². The van der Waals surface area contributed by atoms with Crippen LogP contribution < -0.4 is 0 Å². The second kappa shape index (κ2) is 4.46. The van der Waals surface area contributed by atoms with Crippen molar-refractivity contribution < 1.29 is 12.9 Å². The quantitative estimate of drug-likeness (QED) is 0.776. The molecule has 0 N–H and O–H groups in total. The molecule has 2 aromatic heterocycles. The first-order valence-electron chi connectivity index (χ1n) is 4.85. The van der Waals surface area contributed by atoms with Crippen LogP contribution in [0.1, 0.15) is 17.1 Å². The molecular formula is C9H9Br2N3O3S. The van der Waals surface area contributed by atoms with Gasteiger partial charge in [0.05, 0.1) is 5.69 Å². The van der Waals surface area contributed by atoms with Gasteiger partial charge in [-0.3, -0.25) is 0 Å². The van der Waals surface area contributed by atoms with Crippen LogP contribution in [-0.2, 0) is 10.0 Å². The Morgan fingerprint density at radius 3 is 2.22 bits per heavy atom. The summed E-state index contributed by atoms with van der Waals surface area (Å²) in [5.41, 5.74) is 0.797. The number of rotatable bonds is 2. The second-order valence-corrected chi connectivity index (χ2v) is 6.86. The SMILES string of the molecule is Cc1noc(C)c1S(=O)(=O)n1c(Br)nc(Br)c1C. The van der Waals surface area contributed by atoms with Crippen LogP contribution in [0.25, 0.3) is 0 Å². The van der Waals surface area contributed by atoms with Crippen molar-refractivity contribution >= 4 is 41.9 Å². The Labute approximate surface area is 121 Å². The monoisotopic (exact) mass is 397 g/mol. The molecule has 0 bridgehead atoms. The Morgan fingerprint density at radius 1 is 1.22 bits per heavy atom. The van der Waals surface area contributed by atoms with E-state index in [1.54, 1.807) is 20.8 Å². The number of halogens is 2. The molecule has 0 spiro atoms. The lowest BCUT2D eigenvalue weighted by molar-refractivity contribution is 0.390. The highest BCUT2D eigenvalue weighted by atomic mass is 79.9. The average molecular weight is 399 g/mol. The number of aryl methyl sites for hydroxylation is 2. The molecule has 0 saturated heterocycles. The zero-order valence-corrected chi connectivity index (χ0v) is 13.7. The molecule has 0 atom stereocenters. The summed E-state index contributed by atoms with van der Waals surface area (Å²) in [4.78, 5) is 4.08. The van der Waals surface area contributed by atoms with E-state index >= 15 is 0 Å². The first-order chi connectivity index (χ1) is 8.26. The van der Waals surface area contributed by atoms with Gasteiger partial charge in [0.2, 0.25) is 0 Å². The lowest BCUT2D eigenvalue weighted by atomic mass is 10.4. The van der Waals surface area contributed by atoms with E-state index in [1.807, 2.05) is 0 Å². The Morgan fingerprint density at radius 2 is 1.83 bits per heavy atom. The molecule has 18 heavy (non-hydrogen) atoms. The van der Waals surface area contributed by atoms with E-state index in [9.17, 15) is 8.42 Å². The van der Waals surface area contributed by atoms with Crippen molar-refractivity contribution in [2.24, 2.45) is 0 Å². The largest absolute Gasteiger partial charge is 0.360 e. The molecule has 6 nitrogen and oxygen atoms in total. The van der Waals surface area contributed by atoms with Crippen molar-refractivity contribution in [1.29, 1.82) is 0 Å². The van der Waals surface area contributed by atoms with Crippen LogP contribution >= 0.6 is 31.9 Å². The molecule has 0 aliphatic heterocycles. The van der Waals surface area contributed by atoms with Crippen LogP contribution in [0, 0.1) is 20.8 Å². The number of hydrogen-bond donors (Lipinski definition) is 0. The summed E-state index contributed by atoms with van der Waals surface area (Å²) in [6.45, 7) is 4.79. The van der Waals surface area contributed by atoms with Crippen molar-refractivity contribution in [3.8, 4) is 0 Å². The first-order valence-corrected chi connectivity index (χ1v) is 7.88. The summed E-state index contributed by atoms with van der Waals surface area (Å²) >= 11 is 6.32. The van der Waals surface area contributed by atoms with Crippen LogP contribution in [0.5, 0.6) is 0 Å². The second-order valence-electron chi connectivity index (χ2n) is 3.68. The summed E-state index contributed by atoms with van der Waals surface area (Å²) in [6.07, 6.45) is 0. The van der Waals surface area contributed by atoms with Gasteiger partial charge in [-0.15, -0.1) is 0 Å². The minimum Gasteiger partial charge on any atom is -0.360 e. The maximum absolute atomic E-state index is 12.6. The van der Waals surface area contributed by atoms with E-state index in [0.29, 0.717) is 16.0 Å². The third kappa shape index (κ3) is 1.94. The summed E-state index contributed by atoms with van der Waals surface area (Å²) in [6, 6.07) is 0. The molecule has 0 aromatic carbocycles. The maximum Gasteiger partial charge on any atom is 0.275 e. The average Bonchev–Trinajstić information content (AvgIpc) is 2.69. The van der Waals surface area contributed by atoms with E-state index in [-0.39, 0.29) is 15.4 Å². The predicted octanol–water partition coefficient (Wildman–Crippen LogP) is 2.56. The number of imidazole rings is 1. The van der Waals surface area contributed by atoms with Gasteiger partial charge >= 0.3 is 0 Å². The molecular weight excluding hydrogens is 390 g/mol. The molecule has 9 heteroatoms. The Bertz CT molecular complexity index is 698. The van der Waals surface area contributed by atoms with Crippen LogP contribution in [0.3, 0.4) is 0 Å². The van der Waals surface area contributed by atoms with Crippen molar-refractivity contribution in [3.63, 3.8) is 0 Å².